The molecule has 8 nitrogen and oxygen atoms in total. The van der Waals surface area contributed by atoms with Gasteiger partial charge in [-0.05, 0) is 62.7 Å². The van der Waals surface area contributed by atoms with Crippen molar-refractivity contribution in [1.29, 1.82) is 0 Å². The molecule has 0 heterocycles. The summed E-state index contributed by atoms with van der Waals surface area (Å²) in [5.74, 6) is -0.808. The van der Waals surface area contributed by atoms with Crippen molar-refractivity contribution in [2.75, 3.05) is 31.2 Å². The van der Waals surface area contributed by atoms with Gasteiger partial charge in [0.05, 0.1) is 36.5 Å². The first-order valence-electron chi connectivity index (χ1n) is 9.34. The minimum atomic E-state index is -4.14. The number of hydrogen-bond donors (Lipinski definition) is 0. The van der Waals surface area contributed by atoms with Crippen molar-refractivity contribution in [1.82, 2.24) is 0 Å². The molecule has 2 aromatic carbocycles. The largest absolute Gasteiger partial charge is 0.494 e. The minimum absolute atomic E-state index is 0.0317. The fourth-order valence-electron chi connectivity index (χ4n) is 2.70. The van der Waals surface area contributed by atoms with E-state index in [1.807, 2.05) is 6.92 Å². The second-order valence-electron chi connectivity index (χ2n) is 6.21. The number of carbonyl (C=O) groups excluding carboxylic acids is 2. The zero-order valence-corrected chi connectivity index (χ0v) is 18.2. The van der Waals surface area contributed by atoms with Crippen molar-refractivity contribution in [3.63, 3.8) is 0 Å². The lowest BCUT2D eigenvalue weighted by atomic mass is 10.1. The summed E-state index contributed by atoms with van der Waals surface area (Å²) in [6.07, 6.45) is 0. The van der Waals surface area contributed by atoms with E-state index in [1.165, 1.54) is 43.5 Å². The molecule has 0 fully saturated rings. The molecule has 0 aromatic heterocycles. The number of anilines is 1. The molecule has 0 spiro atoms. The Labute approximate surface area is 176 Å². The van der Waals surface area contributed by atoms with Crippen LogP contribution in [0.1, 0.15) is 29.8 Å². The number of aryl methyl sites for hydroxylation is 1. The number of sulfonamides is 1. The van der Waals surface area contributed by atoms with E-state index in [2.05, 4.69) is 4.74 Å². The molecule has 2 aromatic rings. The molecule has 0 aliphatic carbocycles. The molecular formula is C21H25NO7S. The standard InChI is InChI=1S/C21H25NO7S/c1-5-28-17-9-11-18(12-10-17)30(25,26)22(14-20(23)27-4)19-13-16(8-7-15(19)3)21(24)29-6-2/h7-13H,5-6,14H2,1-4H3. The Kier molecular flexibility index (Phi) is 7.82. The van der Waals surface area contributed by atoms with Gasteiger partial charge < -0.3 is 14.2 Å². The van der Waals surface area contributed by atoms with Gasteiger partial charge in [-0.1, -0.05) is 6.07 Å². The predicted molar refractivity (Wildman–Crippen MR) is 111 cm³/mol. The Morgan fingerprint density at radius 2 is 1.67 bits per heavy atom. The van der Waals surface area contributed by atoms with E-state index in [-0.39, 0.29) is 22.8 Å². The maximum Gasteiger partial charge on any atom is 0.338 e. The van der Waals surface area contributed by atoms with E-state index in [1.54, 1.807) is 19.9 Å². The van der Waals surface area contributed by atoms with Gasteiger partial charge in [0.15, 0.2) is 0 Å². The van der Waals surface area contributed by atoms with E-state index in [0.717, 1.165) is 4.31 Å². The summed E-state index contributed by atoms with van der Waals surface area (Å²) in [5.41, 5.74) is 0.913. The van der Waals surface area contributed by atoms with Gasteiger partial charge in [-0.25, -0.2) is 13.2 Å². The lowest BCUT2D eigenvalue weighted by molar-refractivity contribution is -0.138. The topological polar surface area (TPSA) is 99.2 Å². The summed E-state index contributed by atoms with van der Waals surface area (Å²) in [7, 11) is -2.97. The normalized spacial score (nSPS) is 10.9. The van der Waals surface area contributed by atoms with E-state index < -0.39 is 28.5 Å². The molecule has 0 atom stereocenters. The summed E-state index contributed by atoms with van der Waals surface area (Å²) >= 11 is 0. The highest BCUT2D eigenvalue weighted by atomic mass is 32.2. The summed E-state index contributed by atoms with van der Waals surface area (Å²) in [4.78, 5) is 24.1. The number of benzene rings is 2. The molecule has 162 valence electrons. The van der Waals surface area contributed by atoms with Crippen LogP contribution in [0.2, 0.25) is 0 Å². The first kappa shape index (κ1) is 23.2. The summed E-state index contributed by atoms with van der Waals surface area (Å²) in [5, 5.41) is 0. The van der Waals surface area contributed by atoms with Crippen molar-refractivity contribution in [3.05, 3.63) is 53.6 Å². The Morgan fingerprint density at radius 3 is 2.23 bits per heavy atom. The van der Waals surface area contributed by atoms with Gasteiger partial charge in [0.1, 0.15) is 12.3 Å². The number of methoxy groups -OCH3 is 1. The van der Waals surface area contributed by atoms with Crippen LogP contribution >= 0.6 is 0 Å². The first-order chi connectivity index (χ1) is 14.2. The number of hydrogen-bond acceptors (Lipinski definition) is 7. The highest BCUT2D eigenvalue weighted by Gasteiger charge is 2.29. The van der Waals surface area contributed by atoms with E-state index in [9.17, 15) is 18.0 Å². The minimum Gasteiger partial charge on any atom is -0.494 e. The Morgan fingerprint density at radius 1 is 1.00 bits per heavy atom. The van der Waals surface area contributed by atoms with Gasteiger partial charge in [-0.15, -0.1) is 0 Å². The van der Waals surface area contributed by atoms with Gasteiger partial charge in [0.2, 0.25) is 0 Å². The number of esters is 2. The molecule has 0 saturated heterocycles. The molecule has 9 heteroatoms. The smallest absolute Gasteiger partial charge is 0.338 e. The summed E-state index contributed by atoms with van der Waals surface area (Å²) in [6, 6.07) is 10.4. The quantitative estimate of drug-likeness (QED) is 0.558. The van der Waals surface area contributed by atoms with Crippen LogP contribution in [0.3, 0.4) is 0 Å². The van der Waals surface area contributed by atoms with Crippen molar-refractivity contribution in [2.45, 2.75) is 25.7 Å². The van der Waals surface area contributed by atoms with E-state index in [4.69, 9.17) is 9.47 Å². The Balaban J connectivity index is 2.56. The van der Waals surface area contributed by atoms with Crippen molar-refractivity contribution in [3.8, 4) is 5.75 Å². The molecule has 0 unspecified atom stereocenters. The zero-order valence-electron chi connectivity index (χ0n) is 17.4. The fourth-order valence-corrected chi connectivity index (χ4v) is 4.17. The number of carbonyl (C=O) groups is 2. The first-order valence-corrected chi connectivity index (χ1v) is 10.8. The maximum atomic E-state index is 13.4. The highest BCUT2D eigenvalue weighted by Crippen LogP contribution is 2.29. The second kappa shape index (κ2) is 10.1. The van der Waals surface area contributed by atoms with E-state index >= 15 is 0 Å². The third-order valence-corrected chi connectivity index (χ3v) is 5.99. The SMILES string of the molecule is CCOC(=O)c1ccc(C)c(N(CC(=O)OC)S(=O)(=O)c2ccc(OCC)cc2)c1. The van der Waals surface area contributed by atoms with Crippen LogP contribution in [-0.2, 0) is 24.3 Å². The summed E-state index contributed by atoms with van der Waals surface area (Å²) in [6.45, 7) is 5.25. The Hall–Kier alpha value is -3.07. The van der Waals surface area contributed by atoms with Gasteiger partial charge >= 0.3 is 11.9 Å². The third-order valence-electron chi connectivity index (χ3n) is 4.21. The number of nitrogens with zero attached hydrogens (tertiary/aromatic N) is 1. The molecule has 0 N–H and O–H groups in total. The van der Waals surface area contributed by atoms with Crippen LogP contribution < -0.4 is 9.04 Å². The Bertz CT molecular complexity index is 1000. The van der Waals surface area contributed by atoms with Crippen LogP contribution in [0.5, 0.6) is 5.75 Å². The zero-order chi connectivity index (χ0) is 22.3. The molecule has 2 rings (SSSR count). The molecule has 0 bridgehead atoms. The average Bonchev–Trinajstić information content (AvgIpc) is 2.73. The van der Waals surface area contributed by atoms with Crippen LogP contribution in [-0.4, -0.2) is 47.2 Å². The molecule has 0 saturated carbocycles. The molecule has 0 amide bonds. The lowest BCUT2D eigenvalue weighted by Crippen LogP contribution is -2.37. The maximum absolute atomic E-state index is 13.4. The molecule has 30 heavy (non-hydrogen) atoms. The van der Waals surface area contributed by atoms with Gasteiger partial charge in [-0.3, -0.25) is 9.10 Å². The third kappa shape index (κ3) is 5.29. The summed E-state index contributed by atoms with van der Waals surface area (Å²) < 4.78 is 42.7. The van der Waals surface area contributed by atoms with Crippen molar-refractivity contribution >= 4 is 27.6 Å². The van der Waals surface area contributed by atoms with Crippen molar-refractivity contribution in [2.24, 2.45) is 0 Å². The molecule has 0 aliphatic rings. The van der Waals surface area contributed by atoms with Crippen LogP contribution in [0, 0.1) is 6.92 Å². The average molecular weight is 435 g/mol. The second-order valence-corrected chi connectivity index (χ2v) is 8.08. The van der Waals surface area contributed by atoms with Crippen LogP contribution in [0.4, 0.5) is 5.69 Å². The van der Waals surface area contributed by atoms with Gasteiger partial charge in [0.25, 0.3) is 10.0 Å². The molecular weight excluding hydrogens is 410 g/mol. The van der Waals surface area contributed by atoms with Crippen molar-refractivity contribution < 1.29 is 32.2 Å². The molecule has 0 radical (unpaired) electrons. The van der Waals surface area contributed by atoms with Crippen LogP contribution in [0.25, 0.3) is 0 Å². The van der Waals surface area contributed by atoms with Gasteiger partial charge in [0, 0.05) is 0 Å². The predicted octanol–water partition coefficient (Wildman–Crippen LogP) is 2.94. The number of rotatable bonds is 9. The fraction of sp³-hybridized carbons (Fsp3) is 0.333. The van der Waals surface area contributed by atoms with E-state index in [0.29, 0.717) is 17.9 Å². The van der Waals surface area contributed by atoms with Gasteiger partial charge in [-0.2, -0.15) is 0 Å². The van der Waals surface area contributed by atoms with Crippen LogP contribution in [0.15, 0.2) is 47.4 Å². The lowest BCUT2D eigenvalue weighted by Gasteiger charge is -2.25. The number of ether oxygens (including phenoxy) is 3. The highest BCUT2D eigenvalue weighted by molar-refractivity contribution is 7.92. The molecule has 0 aliphatic heterocycles. The monoisotopic (exact) mass is 435 g/mol.